The maximum absolute atomic E-state index is 12.5. The fourth-order valence-corrected chi connectivity index (χ4v) is 6.31. The van der Waals surface area contributed by atoms with E-state index in [0.29, 0.717) is 45.0 Å². The maximum atomic E-state index is 12.5. The van der Waals surface area contributed by atoms with Crippen LogP contribution in [0.4, 0.5) is 28.4 Å². The summed E-state index contributed by atoms with van der Waals surface area (Å²) in [5.74, 6) is -0.834. The summed E-state index contributed by atoms with van der Waals surface area (Å²) < 4.78 is 10.7. The summed E-state index contributed by atoms with van der Waals surface area (Å²) in [4.78, 5) is 34.7. The first-order valence-electron chi connectivity index (χ1n) is 19.3. The molecule has 1 aliphatic rings. The number of hydrogen-bond donors (Lipinski definition) is 6. The molecule has 6 N–H and O–H groups in total. The lowest BCUT2D eigenvalue weighted by Gasteiger charge is -2.23. The highest BCUT2D eigenvalue weighted by Crippen LogP contribution is 2.37. The Morgan fingerprint density at radius 1 is 0.797 bits per heavy atom. The van der Waals surface area contributed by atoms with Crippen LogP contribution in [-0.4, -0.2) is 63.7 Å². The monoisotopic (exact) mass is 900 g/mol. The van der Waals surface area contributed by atoms with Crippen LogP contribution in [0.1, 0.15) is 65.7 Å². The van der Waals surface area contributed by atoms with E-state index >= 15 is 0 Å². The number of aliphatic hydroxyl groups excluding tert-OH is 2. The van der Waals surface area contributed by atoms with E-state index in [0.717, 1.165) is 13.2 Å². The average molecular weight is 902 g/mol. The summed E-state index contributed by atoms with van der Waals surface area (Å²) in [6.07, 6.45) is 3.53. The minimum absolute atomic E-state index is 0.170. The summed E-state index contributed by atoms with van der Waals surface area (Å²) >= 11 is 12.5. The number of carbonyl (C=O) groups excluding carboxylic acids is 2. The van der Waals surface area contributed by atoms with Crippen molar-refractivity contribution in [2.45, 2.75) is 51.0 Å². The molecule has 2 amide bonds. The van der Waals surface area contributed by atoms with Crippen LogP contribution >= 0.6 is 23.2 Å². The summed E-state index contributed by atoms with van der Waals surface area (Å²) in [6.45, 7) is 33.7. The number of amides is 2. The number of hydrogen-bond acceptors (Lipinski definition) is 11. The molecule has 6 rings (SSSR count). The van der Waals surface area contributed by atoms with Gasteiger partial charge in [-0.25, -0.2) is 14.5 Å². The van der Waals surface area contributed by atoms with Gasteiger partial charge in [0.05, 0.1) is 53.6 Å². The molecule has 1 aromatic heterocycles. The second-order valence-electron chi connectivity index (χ2n) is 13.6. The van der Waals surface area contributed by atoms with Gasteiger partial charge in [-0.1, -0.05) is 84.9 Å². The number of nitrogens with zero attached hydrogens (tertiary/aromatic N) is 6. The van der Waals surface area contributed by atoms with Crippen molar-refractivity contribution in [3.63, 3.8) is 0 Å². The third-order valence-corrected chi connectivity index (χ3v) is 9.98. The first kappa shape index (κ1) is 49.1. The molecule has 2 unspecified atom stereocenters. The molecule has 5 aromatic rings. The number of carbonyl (C=O) groups is 2. The highest BCUT2D eigenvalue weighted by Gasteiger charge is 2.27. The molecule has 326 valence electrons. The van der Waals surface area contributed by atoms with Crippen molar-refractivity contribution in [3.8, 4) is 17.5 Å². The Morgan fingerprint density at radius 2 is 1.36 bits per heavy atom. The lowest BCUT2D eigenvalue weighted by molar-refractivity contribution is -0.124. The van der Waals surface area contributed by atoms with Gasteiger partial charge in [0.2, 0.25) is 23.2 Å². The van der Waals surface area contributed by atoms with E-state index in [4.69, 9.17) is 57.3 Å². The number of aliphatic hydroxyl groups is 2. The number of benzene rings is 4. The number of hydrazine groups is 1. The molecular formula is C46H42Cl2N10O6. The molecule has 0 saturated carbocycles. The van der Waals surface area contributed by atoms with Gasteiger partial charge in [0.1, 0.15) is 12.1 Å². The van der Waals surface area contributed by atoms with Crippen molar-refractivity contribution in [1.82, 2.24) is 21.0 Å². The van der Waals surface area contributed by atoms with Gasteiger partial charge in [0.15, 0.2) is 5.69 Å². The molecule has 4 aromatic carbocycles. The Bertz CT molecular complexity index is 2610. The molecule has 4 atom stereocenters. The molecule has 1 saturated heterocycles. The number of rotatable bonds is 12. The molecule has 0 bridgehead atoms. The fraction of sp³-hybridized carbons (Fsp3) is 0.217. The zero-order valence-electron chi connectivity index (χ0n) is 34.6. The van der Waals surface area contributed by atoms with E-state index in [1.807, 2.05) is 6.07 Å². The van der Waals surface area contributed by atoms with Crippen LogP contribution in [0.3, 0.4) is 0 Å². The molecule has 1 aliphatic heterocycles. The number of anilines is 2. The van der Waals surface area contributed by atoms with E-state index in [1.54, 1.807) is 49.4 Å². The van der Waals surface area contributed by atoms with Crippen molar-refractivity contribution in [1.29, 1.82) is 5.26 Å². The Balaban J connectivity index is 0.000000252. The zero-order chi connectivity index (χ0) is 46.8. The predicted molar refractivity (Wildman–Crippen MR) is 246 cm³/mol. The Hall–Kier alpha value is -7.54. The minimum Gasteiger partial charge on any atom is -0.418 e. The second kappa shape index (κ2) is 24.2. The first-order valence-corrected chi connectivity index (χ1v) is 20.1. The molecule has 0 radical (unpaired) electrons. The molecule has 16 nitrogen and oxygen atoms in total. The van der Waals surface area contributed by atoms with Gasteiger partial charge in [0.25, 0.3) is 11.8 Å². The summed E-state index contributed by atoms with van der Waals surface area (Å²) in [7, 11) is 0. The molecule has 2 heterocycles. The van der Waals surface area contributed by atoms with Gasteiger partial charge in [-0.3, -0.25) is 20.4 Å². The van der Waals surface area contributed by atoms with Crippen LogP contribution in [0.15, 0.2) is 90.4 Å². The van der Waals surface area contributed by atoms with E-state index in [-0.39, 0.29) is 33.1 Å². The van der Waals surface area contributed by atoms with Crippen molar-refractivity contribution < 1.29 is 29.0 Å². The number of nitrogens with one attached hydrogen (secondary N) is 4. The predicted octanol–water partition coefficient (Wildman–Crippen LogP) is 9.49. The van der Waals surface area contributed by atoms with Crippen LogP contribution in [0.25, 0.3) is 38.1 Å². The van der Waals surface area contributed by atoms with Crippen LogP contribution in [0.2, 0.25) is 10.0 Å². The molecule has 0 spiro atoms. The van der Waals surface area contributed by atoms with Crippen LogP contribution < -0.4 is 21.5 Å². The third-order valence-electron chi connectivity index (χ3n) is 9.19. The molecule has 0 aliphatic carbocycles. The number of aromatic nitrogens is 2. The van der Waals surface area contributed by atoms with Gasteiger partial charge >= 0.3 is 0 Å². The Morgan fingerprint density at radius 3 is 1.81 bits per heavy atom. The standard InChI is InChI=1S/C21H18ClN5O3.C21H16ClN5O2.C4H8O/c1-4-15-16(9-10-17(24-3)18(15)22)25-19(12(2)28)21(30)27-26-20(29)14-7-5-13(11-23)6-8-14;1-5-15-16(10-11-17(24-4)18(15)22)25-19(12(2)28)21-27-26-20(29-21)13-6-8-14(23-3)9-7-13;1-2-4-5-3-1/h4-10,12,19,25,28H,1H2,2H3,(H,26,29)(H,27,30);5-12,19,25,28H,1H2,2H3;1-4H2/t2*12?,19-;/m11./s1. The van der Waals surface area contributed by atoms with Gasteiger partial charge in [-0.2, -0.15) is 5.26 Å². The smallest absolute Gasteiger partial charge is 0.269 e. The van der Waals surface area contributed by atoms with Crippen LogP contribution in [-0.2, 0) is 9.53 Å². The van der Waals surface area contributed by atoms with Crippen molar-refractivity contribution >= 4 is 75.6 Å². The summed E-state index contributed by atoms with van der Waals surface area (Å²) in [6, 6.07) is 19.0. The summed E-state index contributed by atoms with van der Waals surface area (Å²) in [5.41, 5.74) is 8.77. The number of halogens is 2. The lowest BCUT2D eigenvalue weighted by Crippen LogP contribution is -2.52. The topological polar surface area (TPSA) is 208 Å². The van der Waals surface area contributed by atoms with E-state index in [2.05, 4.69) is 59.4 Å². The lowest BCUT2D eigenvalue weighted by atomic mass is 10.1. The third kappa shape index (κ3) is 13.0. The van der Waals surface area contributed by atoms with Crippen LogP contribution in [0.5, 0.6) is 0 Å². The highest BCUT2D eigenvalue weighted by molar-refractivity contribution is 6.35. The van der Waals surface area contributed by atoms with Crippen molar-refractivity contribution in [3.05, 3.63) is 158 Å². The SMILES string of the molecule is C1CCOC1.[C-]#[N+]c1ccc(-c2nnc([C@H](Nc3ccc([N+]#[C-])c(Cl)c3C=C)C(C)O)o2)cc1.[C-]#[N+]c1ccc(N[C@@H](C(=O)NNC(=O)c2ccc(C#N)cc2)C(C)O)c(C=C)c1Cl. The Labute approximate surface area is 380 Å². The Kier molecular flexibility index (Phi) is 18.6. The normalized spacial score (nSPS) is 13.1. The van der Waals surface area contributed by atoms with E-state index < -0.39 is 36.1 Å². The van der Waals surface area contributed by atoms with E-state index in [9.17, 15) is 19.8 Å². The molecule has 64 heavy (non-hydrogen) atoms. The minimum atomic E-state index is -1.14. The van der Waals surface area contributed by atoms with Crippen molar-refractivity contribution in [2.75, 3.05) is 23.8 Å². The second-order valence-corrected chi connectivity index (χ2v) is 14.4. The highest BCUT2D eigenvalue weighted by atomic mass is 35.5. The number of ether oxygens (including phenoxy) is 1. The molecule has 18 heteroatoms. The summed E-state index contributed by atoms with van der Waals surface area (Å²) in [5, 5.41) is 43.7. The average Bonchev–Trinajstić information content (AvgIpc) is 4.06. The molecule has 1 fully saturated rings. The quantitative estimate of drug-likeness (QED) is 0.0513. The number of nitriles is 1. The van der Waals surface area contributed by atoms with Gasteiger partial charge < -0.3 is 30.0 Å². The van der Waals surface area contributed by atoms with Crippen LogP contribution in [0, 0.1) is 31.0 Å². The maximum Gasteiger partial charge on any atom is 0.269 e. The first-order chi connectivity index (χ1) is 30.8. The van der Waals surface area contributed by atoms with Gasteiger partial charge in [-0.15, -0.1) is 10.2 Å². The fourth-order valence-electron chi connectivity index (χ4n) is 5.75. The largest absolute Gasteiger partial charge is 0.418 e. The van der Waals surface area contributed by atoms with Gasteiger partial charge in [-0.05, 0) is 63.1 Å². The van der Waals surface area contributed by atoms with Crippen molar-refractivity contribution in [2.24, 2.45) is 0 Å². The zero-order valence-corrected chi connectivity index (χ0v) is 36.1. The van der Waals surface area contributed by atoms with Gasteiger partial charge in [0, 0.05) is 46.8 Å². The van der Waals surface area contributed by atoms with E-state index in [1.165, 1.54) is 62.2 Å². The molecular weight excluding hydrogens is 859 g/mol.